The molecular formula is C18H25N3O2. The summed E-state index contributed by atoms with van der Waals surface area (Å²) in [6.07, 6.45) is 14.0. The van der Waals surface area contributed by atoms with Crippen molar-refractivity contribution < 1.29 is 9.53 Å². The fourth-order valence-electron chi connectivity index (χ4n) is 3.81. The highest BCUT2D eigenvalue weighted by Gasteiger charge is 2.44. The van der Waals surface area contributed by atoms with Gasteiger partial charge in [-0.2, -0.15) is 0 Å². The molecule has 1 saturated heterocycles. The molecule has 3 rings (SSSR count). The molecule has 1 unspecified atom stereocenters. The standard InChI is InChI=1S/C18H25N3O2/c1-3-6-15-16(7-4-2)21(13-20-15)11-14-8-5-9-18(10-14)12-19-17(22)23-18/h3-4,6-7,13-14H,5,8-12H2,1-2H3,(H,19,22)/b6-3-,7-4-/t14?,18-/m0/s1. The lowest BCUT2D eigenvalue weighted by atomic mass is 9.78. The molecule has 1 spiro atoms. The Morgan fingerprint density at radius 1 is 1.43 bits per heavy atom. The number of nitrogens with zero attached hydrogens (tertiary/aromatic N) is 2. The molecule has 1 aliphatic carbocycles. The summed E-state index contributed by atoms with van der Waals surface area (Å²) in [6, 6.07) is 0. The second-order valence-corrected chi connectivity index (χ2v) is 6.56. The summed E-state index contributed by atoms with van der Waals surface area (Å²) in [5.74, 6) is 0.508. The van der Waals surface area contributed by atoms with Crippen LogP contribution in [0.2, 0.25) is 0 Å². The first kappa shape index (κ1) is 15.8. The number of hydrogen-bond donors (Lipinski definition) is 1. The first-order valence-corrected chi connectivity index (χ1v) is 8.43. The number of carbonyl (C=O) groups excluding carboxylic acids is 1. The maximum absolute atomic E-state index is 11.4. The molecule has 5 nitrogen and oxygen atoms in total. The summed E-state index contributed by atoms with van der Waals surface area (Å²) in [5, 5.41) is 2.82. The van der Waals surface area contributed by atoms with Crippen molar-refractivity contribution >= 4 is 18.2 Å². The Balaban J connectivity index is 1.75. The molecular weight excluding hydrogens is 290 g/mol. The Bertz CT molecular complexity index is 632. The molecule has 1 N–H and O–H groups in total. The van der Waals surface area contributed by atoms with Gasteiger partial charge in [0.1, 0.15) is 5.60 Å². The van der Waals surface area contributed by atoms with Gasteiger partial charge in [-0.1, -0.05) is 12.2 Å². The average molecular weight is 315 g/mol. The molecule has 0 radical (unpaired) electrons. The molecule has 2 heterocycles. The van der Waals surface area contributed by atoms with Crippen molar-refractivity contribution in [1.82, 2.24) is 14.9 Å². The van der Waals surface area contributed by atoms with Gasteiger partial charge in [0.2, 0.25) is 0 Å². The molecule has 1 aliphatic heterocycles. The Hall–Kier alpha value is -2.04. The summed E-state index contributed by atoms with van der Waals surface area (Å²) in [7, 11) is 0. The van der Waals surface area contributed by atoms with E-state index < -0.39 is 0 Å². The monoisotopic (exact) mass is 315 g/mol. The van der Waals surface area contributed by atoms with E-state index in [0.29, 0.717) is 12.5 Å². The summed E-state index contributed by atoms with van der Waals surface area (Å²) in [5.41, 5.74) is 1.87. The van der Waals surface area contributed by atoms with Crippen molar-refractivity contribution in [3.05, 3.63) is 29.9 Å². The molecule has 0 aromatic carbocycles. The predicted octanol–water partition coefficient (Wildman–Crippen LogP) is 3.62. The second-order valence-electron chi connectivity index (χ2n) is 6.56. The number of ether oxygens (including phenoxy) is 1. The van der Waals surface area contributed by atoms with Crippen molar-refractivity contribution in [1.29, 1.82) is 0 Å². The van der Waals surface area contributed by atoms with Gasteiger partial charge in [-0.15, -0.1) is 0 Å². The Kier molecular flexibility index (Phi) is 4.55. The minimum atomic E-state index is -0.284. The number of imidazole rings is 1. The third-order valence-electron chi connectivity index (χ3n) is 4.78. The average Bonchev–Trinajstić information content (AvgIpc) is 3.06. The topological polar surface area (TPSA) is 56.2 Å². The van der Waals surface area contributed by atoms with E-state index in [-0.39, 0.29) is 11.7 Å². The number of amides is 1. The summed E-state index contributed by atoms with van der Waals surface area (Å²) < 4.78 is 7.80. The van der Waals surface area contributed by atoms with Crippen LogP contribution in [0.25, 0.3) is 12.2 Å². The molecule has 1 amide bonds. The van der Waals surface area contributed by atoms with Crippen molar-refractivity contribution in [2.75, 3.05) is 6.54 Å². The minimum absolute atomic E-state index is 0.266. The Labute approximate surface area is 137 Å². The van der Waals surface area contributed by atoms with E-state index >= 15 is 0 Å². The van der Waals surface area contributed by atoms with Crippen molar-refractivity contribution in [3.63, 3.8) is 0 Å². The van der Waals surface area contributed by atoms with Crippen LogP contribution in [0.15, 0.2) is 18.5 Å². The molecule has 0 bridgehead atoms. The lowest BCUT2D eigenvalue weighted by molar-refractivity contribution is 0.00414. The van der Waals surface area contributed by atoms with E-state index in [0.717, 1.165) is 37.2 Å². The van der Waals surface area contributed by atoms with Crippen LogP contribution in [0.4, 0.5) is 4.79 Å². The highest BCUT2D eigenvalue weighted by Crippen LogP contribution is 2.38. The third-order valence-corrected chi connectivity index (χ3v) is 4.78. The number of aromatic nitrogens is 2. The van der Waals surface area contributed by atoms with Crippen molar-refractivity contribution in [2.45, 2.75) is 51.7 Å². The molecule has 2 atom stereocenters. The SMILES string of the molecule is C/C=C\c1ncn(CC2CCC[C@@]3(CNC(=O)O3)C2)c1/C=C\C. The second kappa shape index (κ2) is 6.60. The van der Waals surface area contributed by atoms with Crippen LogP contribution < -0.4 is 5.32 Å². The molecule has 2 aliphatic rings. The first-order chi connectivity index (χ1) is 11.2. The first-order valence-electron chi connectivity index (χ1n) is 8.43. The number of nitrogens with one attached hydrogen (secondary N) is 1. The highest BCUT2D eigenvalue weighted by atomic mass is 16.6. The number of hydrogen-bond acceptors (Lipinski definition) is 3. The van der Waals surface area contributed by atoms with Gasteiger partial charge in [-0.3, -0.25) is 0 Å². The largest absolute Gasteiger partial charge is 0.441 e. The van der Waals surface area contributed by atoms with E-state index in [1.807, 2.05) is 38.4 Å². The van der Waals surface area contributed by atoms with Gasteiger partial charge < -0.3 is 14.6 Å². The van der Waals surface area contributed by atoms with Gasteiger partial charge in [0.05, 0.1) is 24.3 Å². The Morgan fingerprint density at radius 3 is 2.96 bits per heavy atom. The lowest BCUT2D eigenvalue weighted by Gasteiger charge is -2.35. The van der Waals surface area contributed by atoms with E-state index in [2.05, 4.69) is 20.9 Å². The van der Waals surface area contributed by atoms with Gasteiger partial charge in [0, 0.05) is 6.54 Å². The molecule has 2 fully saturated rings. The van der Waals surface area contributed by atoms with Crippen molar-refractivity contribution in [3.8, 4) is 0 Å². The molecule has 5 heteroatoms. The fourth-order valence-corrected chi connectivity index (χ4v) is 3.81. The number of alkyl carbamates (subject to hydrolysis) is 1. The molecule has 23 heavy (non-hydrogen) atoms. The van der Waals surface area contributed by atoms with E-state index in [9.17, 15) is 4.79 Å². The number of allylic oxidation sites excluding steroid dienone is 2. The third kappa shape index (κ3) is 3.33. The van der Waals surface area contributed by atoms with Crippen molar-refractivity contribution in [2.24, 2.45) is 5.92 Å². The van der Waals surface area contributed by atoms with Crippen LogP contribution in [-0.4, -0.2) is 27.8 Å². The molecule has 1 aromatic rings. The predicted molar refractivity (Wildman–Crippen MR) is 90.8 cm³/mol. The maximum Gasteiger partial charge on any atom is 0.407 e. The number of rotatable bonds is 4. The van der Waals surface area contributed by atoms with Crippen LogP contribution >= 0.6 is 0 Å². The van der Waals surface area contributed by atoms with E-state index in [4.69, 9.17) is 4.74 Å². The number of carbonyl (C=O) groups is 1. The van der Waals surface area contributed by atoms with Crippen LogP contribution in [0.5, 0.6) is 0 Å². The molecule has 1 saturated carbocycles. The fraction of sp³-hybridized carbons (Fsp3) is 0.556. The molecule has 124 valence electrons. The normalized spacial score (nSPS) is 27.9. The van der Waals surface area contributed by atoms with Gasteiger partial charge in [0.25, 0.3) is 0 Å². The zero-order chi connectivity index (χ0) is 16.3. The van der Waals surface area contributed by atoms with E-state index in [1.54, 1.807) is 0 Å². The zero-order valence-electron chi connectivity index (χ0n) is 13.9. The minimum Gasteiger partial charge on any atom is -0.441 e. The lowest BCUT2D eigenvalue weighted by Crippen LogP contribution is -2.39. The zero-order valence-corrected chi connectivity index (χ0v) is 13.9. The molecule has 1 aromatic heterocycles. The van der Waals surface area contributed by atoms with Gasteiger partial charge in [-0.05, 0) is 57.6 Å². The van der Waals surface area contributed by atoms with Crippen LogP contribution in [0.1, 0.15) is 50.9 Å². The van der Waals surface area contributed by atoms with Gasteiger partial charge in [0.15, 0.2) is 0 Å². The van der Waals surface area contributed by atoms with Crippen LogP contribution in [-0.2, 0) is 11.3 Å². The maximum atomic E-state index is 11.4. The quantitative estimate of drug-likeness (QED) is 0.923. The summed E-state index contributed by atoms with van der Waals surface area (Å²) in [6.45, 7) is 5.60. The highest BCUT2D eigenvalue weighted by molar-refractivity contribution is 5.70. The van der Waals surface area contributed by atoms with E-state index in [1.165, 1.54) is 6.42 Å². The Morgan fingerprint density at radius 2 is 2.26 bits per heavy atom. The smallest absolute Gasteiger partial charge is 0.407 e. The van der Waals surface area contributed by atoms with Gasteiger partial charge in [-0.25, -0.2) is 9.78 Å². The van der Waals surface area contributed by atoms with Crippen LogP contribution in [0.3, 0.4) is 0 Å². The summed E-state index contributed by atoms with van der Waals surface area (Å²) >= 11 is 0. The summed E-state index contributed by atoms with van der Waals surface area (Å²) in [4.78, 5) is 15.9. The van der Waals surface area contributed by atoms with Crippen LogP contribution in [0, 0.1) is 5.92 Å². The van der Waals surface area contributed by atoms with Gasteiger partial charge >= 0.3 is 6.09 Å².